The molecule has 4 heteroatoms. The number of ketones is 1. The molecule has 1 aromatic rings. The Bertz CT molecular complexity index is 481. The zero-order chi connectivity index (χ0) is 13.1. The molecule has 2 rings (SSSR count). The van der Waals surface area contributed by atoms with Gasteiger partial charge < -0.3 is 4.79 Å². The first kappa shape index (κ1) is 12.5. The van der Waals surface area contributed by atoms with E-state index >= 15 is 0 Å². The summed E-state index contributed by atoms with van der Waals surface area (Å²) in [5.41, 5.74) is 0.919. The van der Waals surface area contributed by atoms with E-state index in [9.17, 15) is 14.4 Å². The van der Waals surface area contributed by atoms with Crippen LogP contribution in [0.5, 0.6) is 0 Å². The third-order valence-electron chi connectivity index (χ3n) is 3.05. The Labute approximate surface area is 106 Å². The second kappa shape index (κ2) is 5.12. The number of nitrogens with zero attached hydrogens (tertiary/aromatic N) is 1. The van der Waals surface area contributed by atoms with E-state index in [2.05, 4.69) is 0 Å². The van der Waals surface area contributed by atoms with Crippen LogP contribution < -0.4 is 0 Å². The lowest BCUT2D eigenvalue weighted by Gasteiger charge is -2.14. The van der Waals surface area contributed by atoms with Crippen molar-refractivity contribution in [3.05, 3.63) is 35.9 Å². The molecule has 94 valence electrons. The zero-order valence-corrected chi connectivity index (χ0v) is 10.3. The van der Waals surface area contributed by atoms with E-state index in [-0.39, 0.29) is 30.4 Å². The highest BCUT2D eigenvalue weighted by atomic mass is 16.2. The van der Waals surface area contributed by atoms with Gasteiger partial charge in [0.05, 0.1) is 12.5 Å². The summed E-state index contributed by atoms with van der Waals surface area (Å²) in [5, 5.41) is 0. The molecular weight excluding hydrogens is 230 g/mol. The highest BCUT2D eigenvalue weighted by Crippen LogP contribution is 2.24. The van der Waals surface area contributed by atoms with Crippen molar-refractivity contribution in [2.75, 3.05) is 0 Å². The van der Waals surface area contributed by atoms with Gasteiger partial charge in [-0.25, -0.2) is 0 Å². The van der Waals surface area contributed by atoms with Gasteiger partial charge in [0.1, 0.15) is 5.78 Å². The minimum atomic E-state index is -0.460. The number of hydrogen-bond donors (Lipinski definition) is 0. The smallest absolute Gasteiger partial charge is 0.233 e. The number of benzene rings is 1. The normalized spacial score (nSPS) is 19.4. The van der Waals surface area contributed by atoms with E-state index in [1.807, 2.05) is 30.3 Å². The van der Waals surface area contributed by atoms with Crippen LogP contribution in [0, 0.1) is 5.92 Å². The molecule has 1 saturated heterocycles. The summed E-state index contributed by atoms with van der Waals surface area (Å²) in [5.74, 6) is -0.921. The number of hydrogen-bond acceptors (Lipinski definition) is 3. The second-order valence-electron chi connectivity index (χ2n) is 4.61. The monoisotopic (exact) mass is 245 g/mol. The summed E-state index contributed by atoms with van der Waals surface area (Å²) in [7, 11) is 0. The van der Waals surface area contributed by atoms with Crippen LogP contribution in [0.25, 0.3) is 0 Å². The van der Waals surface area contributed by atoms with Gasteiger partial charge in [0.15, 0.2) is 0 Å². The van der Waals surface area contributed by atoms with Crippen molar-refractivity contribution in [1.82, 2.24) is 4.90 Å². The van der Waals surface area contributed by atoms with Crippen molar-refractivity contribution in [2.24, 2.45) is 5.92 Å². The van der Waals surface area contributed by atoms with Crippen LogP contribution in [-0.2, 0) is 20.9 Å². The number of Topliss-reactive ketones (excluding diaryl/α,β-unsaturated/α-hetero) is 1. The molecule has 0 radical (unpaired) electrons. The first-order valence-corrected chi connectivity index (χ1v) is 5.95. The Morgan fingerprint density at radius 2 is 1.94 bits per heavy atom. The lowest BCUT2D eigenvalue weighted by molar-refractivity contribution is -0.140. The minimum absolute atomic E-state index is 0.0530. The largest absolute Gasteiger partial charge is 0.300 e. The molecule has 0 aliphatic carbocycles. The van der Waals surface area contributed by atoms with Crippen molar-refractivity contribution in [3.63, 3.8) is 0 Å². The molecule has 0 N–H and O–H groups in total. The first-order valence-electron chi connectivity index (χ1n) is 5.95. The molecule has 18 heavy (non-hydrogen) atoms. The number of amides is 2. The van der Waals surface area contributed by atoms with Crippen LogP contribution in [0.4, 0.5) is 0 Å². The Hall–Kier alpha value is -1.97. The van der Waals surface area contributed by atoms with Gasteiger partial charge in [0.25, 0.3) is 0 Å². The molecule has 1 fully saturated rings. The lowest BCUT2D eigenvalue weighted by atomic mass is 10.0. The summed E-state index contributed by atoms with van der Waals surface area (Å²) in [6.45, 7) is 1.74. The van der Waals surface area contributed by atoms with Crippen molar-refractivity contribution >= 4 is 17.6 Å². The highest BCUT2D eigenvalue weighted by Gasteiger charge is 2.38. The maximum absolute atomic E-state index is 12.0. The molecular formula is C14H15NO3. The van der Waals surface area contributed by atoms with Crippen LogP contribution in [-0.4, -0.2) is 22.5 Å². The number of likely N-dealkylation sites (tertiary alicyclic amines) is 1. The van der Waals surface area contributed by atoms with E-state index in [1.54, 1.807) is 0 Å². The molecule has 0 bridgehead atoms. The van der Waals surface area contributed by atoms with Crippen molar-refractivity contribution in [2.45, 2.75) is 26.3 Å². The van der Waals surface area contributed by atoms with Crippen LogP contribution in [0.2, 0.25) is 0 Å². The molecule has 1 atom stereocenters. The van der Waals surface area contributed by atoms with E-state index < -0.39 is 5.92 Å². The van der Waals surface area contributed by atoms with Crippen LogP contribution >= 0.6 is 0 Å². The molecule has 0 unspecified atom stereocenters. The molecule has 1 aliphatic heterocycles. The van der Waals surface area contributed by atoms with Gasteiger partial charge in [-0.1, -0.05) is 30.3 Å². The summed E-state index contributed by atoms with van der Waals surface area (Å²) in [4.78, 5) is 36.1. The Morgan fingerprint density at radius 1 is 1.28 bits per heavy atom. The Kier molecular flexibility index (Phi) is 3.55. The summed E-state index contributed by atoms with van der Waals surface area (Å²) >= 11 is 0. The fourth-order valence-corrected chi connectivity index (χ4v) is 2.19. The van der Waals surface area contributed by atoms with Crippen LogP contribution in [0.1, 0.15) is 25.3 Å². The van der Waals surface area contributed by atoms with Gasteiger partial charge in [-0.2, -0.15) is 0 Å². The Morgan fingerprint density at radius 3 is 2.56 bits per heavy atom. The fourth-order valence-electron chi connectivity index (χ4n) is 2.19. The average molecular weight is 245 g/mol. The third kappa shape index (κ3) is 2.64. The summed E-state index contributed by atoms with van der Waals surface area (Å²) in [6, 6.07) is 9.37. The molecule has 4 nitrogen and oxygen atoms in total. The predicted molar refractivity (Wildman–Crippen MR) is 65.4 cm³/mol. The lowest BCUT2D eigenvalue weighted by Crippen LogP contribution is -2.30. The van der Waals surface area contributed by atoms with Crippen molar-refractivity contribution in [3.8, 4) is 0 Å². The van der Waals surface area contributed by atoms with Gasteiger partial charge in [-0.05, 0) is 12.5 Å². The maximum atomic E-state index is 12.0. The number of carbonyl (C=O) groups is 3. The molecule has 1 aromatic carbocycles. The van der Waals surface area contributed by atoms with E-state index in [0.717, 1.165) is 5.56 Å². The summed E-state index contributed by atoms with van der Waals surface area (Å²) in [6.07, 6.45) is 0.321. The van der Waals surface area contributed by atoms with Gasteiger partial charge in [0, 0.05) is 12.8 Å². The standard InChI is InChI=1S/C14H15NO3/c1-10(16)7-12-8-13(17)15(14(12)18)9-11-5-3-2-4-6-11/h2-6,12H,7-9H2,1H3/t12-/m0/s1. The van der Waals surface area contributed by atoms with E-state index in [1.165, 1.54) is 11.8 Å². The van der Waals surface area contributed by atoms with Gasteiger partial charge in [0.2, 0.25) is 11.8 Å². The molecule has 1 aliphatic rings. The third-order valence-corrected chi connectivity index (χ3v) is 3.05. The van der Waals surface area contributed by atoms with Crippen LogP contribution in [0.3, 0.4) is 0 Å². The quantitative estimate of drug-likeness (QED) is 0.756. The predicted octanol–water partition coefficient (Wildman–Crippen LogP) is 1.54. The molecule has 2 amide bonds. The zero-order valence-electron chi connectivity index (χ0n) is 10.3. The number of rotatable bonds is 4. The van der Waals surface area contributed by atoms with E-state index in [4.69, 9.17) is 0 Å². The van der Waals surface area contributed by atoms with Crippen LogP contribution in [0.15, 0.2) is 30.3 Å². The fraction of sp³-hybridized carbons (Fsp3) is 0.357. The molecule has 0 aromatic heterocycles. The summed E-state index contributed by atoms with van der Waals surface area (Å²) < 4.78 is 0. The minimum Gasteiger partial charge on any atom is -0.300 e. The first-order chi connectivity index (χ1) is 8.58. The molecule has 1 heterocycles. The average Bonchev–Trinajstić information content (AvgIpc) is 2.58. The second-order valence-corrected chi connectivity index (χ2v) is 4.61. The Balaban J connectivity index is 2.08. The number of carbonyl (C=O) groups excluding carboxylic acids is 3. The van der Waals surface area contributed by atoms with Gasteiger partial charge >= 0.3 is 0 Å². The van der Waals surface area contributed by atoms with E-state index in [0.29, 0.717) is 6.54 Å². The molecule has 0 saturated carbocycles. The van der Waals surface area contributed by atoms with Gasteiger partial charge in [-0.3, -0.25) is 14.5 Å². The molecule has 0 spiro atoms. The van der Waals surface area contributed by atoms with Crippen molar-refractivity contribution in [1.29, 1.82) is 0 Å². The SMILES string of the molecule is CC(=O)C[C@H]1CC(=O)N(Cc2ccccc2)C1=O. The number of imide groups is 1. The highest BCUT2D eigenvalue weighted by molar-refractivity contribution is 6.04. The van der Waals surface area contributed by atoms with Crippen molar-refractivity contribution < 1.29 is 14.4 Å². The maximum Gasteiger partial charge on any atom is 0.233 e. The van der Waals surface area contributed by atoms with Gasteiger partial charge in [-0.15, -0.1) is 0 Å². The topological polar surface area (TPSA) is 54.5 Å².